The van der Waals surface area contributed by atoms with Crippen molar-refractivity contribution < 1.29 is 5.11 Å². The van der Waals surface area contributed by atoms with E-state index in [1.807, 2.05) is 73.7 Å². The standard InChI is InChI=1S/C21H20OS/c1-21(22,18-13-7-3-8-14-18)20(17-11-5-2-6-12-17)23-19-15-9-4-10-16-19/h2-16,20,22H,1H3. The van der Waals surface area contributed by atoms with Crippen LogP contribution in [0.15, 0.2) is 95.9 Å². The van der Waals surface area contributed by atoms with Gasteiger partial charge in [0.2, 0.25) is 0 Å². The Morgan fingerprint density at radius 3 is 1.78 bits per heavy atom. The van der Waals surface area contributed by atoms with Crippen LogP contribution in [-0.2, 0) is 5.60 Å². The van der Waals surface area contributed by atoms with Crippen LogP contribution < -0.4 is 0 Å². The average Bonchev–Trinajstić information content (AvgIpc) is 2.62. The number of thioether (sulfide) groups is 1. The smallest absolute Gasteiger partial charge is 0.103 e. The molecule has 2 unspecified atom stereocenters. The lowest BCUT2D eigenvalue weighted by molar-refractivity contribution is 0.0542. The van der Waals surface area contributed by atoms with Crippen LogP contribution in [0.5, 0.6) is 0 Å². The van der Waals surface area contributed by atoms with E-state index in [9.17, 15) is 5.11 Å². The summed E-state index contributed by atoms with van der Waals surface area (Å²) in [7, 11) is 0. The highest BCUT2D eigenvalue weighted by atomic mass is 32.2. The minimum absolute atomic E-state index is 0.0894. The molecule has 3 aromatic rings. The lowest BCUT2D eigenvalue weighted by Crippen LogP contribution is -2.28. The molecule has 0 aliphatic rings. The van der Waals surface area contributed by atoms with E-state index in [1.54, 1.807) is 11.8 Å². The summed E-state index contributed by atoms with van der Waals surface area (Å²) in [6, 6.07) is 30.3. The SMILES string of the molecule is CC(O)(c1ccccc1)C(Sc1ccccc1)c1ccccc1. The van der Waals surface area contributed by atoms with Gasteiger partial charge >= 0.3 is 0 Å². The molecule has 116 valence electrons. The molecule has 23 heavy (non-hydrogen) atoms. The van der Waals surface area contributed by atoms with Gasteiger partial charge in [-0.05, 0) is 30.2 Å². The van der Waals surface area contributed by atoms with Crippen LogP contribution in [0.25, 0.3) is 0 Å². The van der Waals surface area contributed by atoms with E-state index in [2.05, 4.69) is 24.3 Å². The van der Waals surface area contributed by atoms with Crippen molar-refractivity contribution in [2.45, 2.75) is 22.7 Å². The first kappa shape index (κ1) is 15.9. The molecule has 0 heterocycles. The summed E-state index contributed by atoms with van der Waals surface area (Å²) in [5, 5.41) is 11.3. The monoisotopic (exact) mass is 320 g/mol. The molecule has 0 aliphatic heterocycles. The van der Waals surface area contributed by atoms with E-state index in [0.29, 0.717) is 0 Å². The van der Waals surface area contributed by atoms with Crippen LogP contribution in [0.1, 0.15) is 23.3 Å². The van der Waals surface area contributed by atoms with Crippen LogP contribution in [0.2, 0.25) is 0 Å². The topological polar surface area (TPSA) is 20.2 Å². The Kier molecular flexibility index (Phi) is 4.85. The average molecular weight is 320 g/mol. The maximum Gasteiger partial charge on any atom is 0.103 e. The molecule has 0 aromatic heterocycles. The minimum atomic E-state index is -0.969. The van der Waals surface area contributed by atoms with Gasteiger partial charge in [0.1, 0.15) is 5.60 Å². The molecule has 1 nitrogen and oxygen atoms in total. The molecule has 1 N–H and O–H groups in total. The third-order valence-electron chi connectivity index (χ3n) is 3.97. The Labute approximate surface area is 142 Å². The van der Waals surface area contributed by atoms with Crippen LogP contribution in [0, 0.1) is 0 Å². The van der Waals surface area contributed by atoms with Gasteiger partial charge in [0.25, 0.3) is 0 Å². The summed E-state index contributed by atoms with van der Waals surface area (Å²) >= 11 is 1.69. The van der Waals surface area contributed by atoms with Crippen molar-refractivity contribution in [2.24, 2.45) is 0 Å². The fraction of sp³-hybridized carbons (Fsp3) is 0.143. The van der Waals surface area contributed by atoms with E-state index < -0.39 is 5.60 Å². The van der Waals surface area contributed by atoms with Crippen LogP contribution in [0.4, 0.5) is 0 Å². The molecule has 3 rings (SSSR count). The molecule has 0 saturated heterocycles. The van der Waals surface area contributed by atoms with Crippen molar-refractivity contribution in [1.82, 2.24) is 0 Å². The molecule has 2 heteroatoms. The molecule has 0 spiro atoms. The van der Waals surface area contributed by atoms with Crippen molar-refractivity contribution >= 4 is 11.8 Å². The third kappa shape index (κ3) is 3.66. The second kappa shape index (κ2) is 7.03. The number of rotatable bonds is 5. The van der Waals surface area contributed by atoms with Crippen molar-refractivity contribution in [1.29, 1.82) is 0 Å². The third-order valence-corrected chi connectivity index (χ3v) is 5.48. The zero-order chi connectivity index (χ0) is 16.1. The first-order chi connectivity index (χ1) is 11.2. The summed E-state index contributed by atoms with van der Waals surface area (Å²) in [4.78, 5) is 1.15. The van der Waals surface area contributed by atoms with Gasteiger partial charge in [0.05, 0.1) is 5.25 Å². The predicted octanol–water partition coefficient (Wildman–Crippen LogP) is 5.43. The summed E-state index contributed by atoms with van der Waals surface area (Å²) in [5.41, 5.74) is 1.08. The zero-order valence-electron chi connectivity index (χ0n) is 13.1. The maximum atomic E-state index is 11.3. The summed E-state index contributed by atoms with van der Waals surface area (Å²) in [5.74, 6) is 0. The Morgan fingerprint density at radius 1 is 0.739 bits per heavy atom. The lowest BCUT2D eigenvalue weighted by Gasteiger charge is -2.33. The molecular formula is C21H20OS. The summed E-state index contributed by atoms with van der Waals surface area (Å²) in [6.07, 6.45) is 0. The predicted molar refractivity (Wildman–Crippen MR) is 97.5 cm³/mol. The quantitative estimate of drug-likeness (QED) is 0.633. The van der Waals surface area contributed by atoms with Gasteiger partial charge < -0.3 is 5.11 Å². The molecule has 0 amide bonds. The van der Waals surface area contributed by atoms with Crippen LogP contribution in [-0.4, -0.2) is 5.11 Å². The van der Waals surface area contributed by atoms with E-state index >= 15 is 0 Å². The second-order valence-corrected chi connectivity index (χ2v) is 6.91. The highest BCUT2D eigenvalue weighted by molar-refractivity contribution is 7.99. The molecule has 0 radical (unpaired) electrons. The molecule has 0 bridgehead atoms. The van der Waals surface area contributed by atoms with Gasteiger partial charge in [-0.25, -0.2) is 0 Å². The largest absolute Gasteiger partial charge is 0.384 e. The normalized spacial score (nSPS) is 14.9. The fourth-order valence-electron chi connectivity index (χ4n) is 2.70. The van der Waals surface area contributed by atoms with Crippen molar-refractivity contribution in [2.75, 3.05) is 0 Å². The van der Waals surface area contributed by atoms with Gasteiger partial charge in [0.15, 0.2) is 0 Å². The van der Waals surface area contributed by atoms with Gasteiger partial charge in [-0.15, -0.1) is 11.8 Å². The number of hydrogen-bond acceptors (Lipinski definition) is 2. The van der Waals surface area contributed by atoms with E-state index in [-0.39, 0.29) is 5.25 Å². The van der Waals surface area contributed by atoms with Crippen LogP contribution >= 0.6 is 11.8 Å². The lowest BCUT2D eigenvalue weighted by atomic mass is 9.88. The Balaban J connectivity index is 2.01. The Hall–Kier alpha value is -2.03. The second-order valence-electron chi connectivity index (χ2n) is 5.74. The Morgan fingerprint density at radius 2 is 1.22 bits per heavy atom. The molecule has 0 aliphatic carbocycles. The maximum absolute atomic E-state index is 11.3. The van der Waals surface area contributed by atoms with Gasteiger partial charge in [-0.1, -0.05) is 78.9 Å². The minimum Gasteiger partial charge on any atom is -0.384 e. The van der Waals surface area contributed by atoms with Crippen LogP contribution in [0.3, 0.4) is 0 Å². The molecule has 0 fully saturated rings. The summed E-state index contributed by atoms with van der Waals surface area (Å²) < 4.78 is 0. The van der Waals surface area contributed by atoms with Gasteiger partial charge in [-0.2, -0.15) is 0 Å². The van der Waals surface area contributed by atoms with Crippen molar-refractivity contribution in [3.8, 4) is 0 Å². The number of hydrogen-bond donors (Lipinski definition) is 1. The van der Waals surface area contributed by atoms with E-state index in [1.165, 1.54) is 0 Å². The Bertz CT molecular complexity index is 724. The van der Waals surface area contributed by atoms with Gasteiger partial charge in [-0.3, -0.25) is 0 Å². The van der Waals surface area contributed by atoms with Gasteiger partial charge in [0, 0.05) is 4.90 Å². The molecule has 0 saturated carbocycles. The first-order valence-electron chi connectivity index (χ1n) is 7.72. The fourth-order valence-corrected chi connectivity index (χ4v) is 3.94. The van der Waals surface area contributed by atoms with E-state index in [4.69, 9.17) is 0 Å². The van der Waals surface area contributed by atoms with Crippen molar-refractivity contribution in [3.63, 3.8) is 0 Å². The zero-order valence-corrected chi connectivity index (χ0v) is 13.9. The highest BCUT2D eigenvalue weighted by Gasteiger charge is 2.35. The van der Waals surface area contributed by atoms with E-state index in [0.717, 1.165) is 16.0 Å². The summed E-state index contributed by atoms with van der Waals surface area (Å²) in [6.45, 7) is 1.90. The number of aliphatic hydroxyl groups is 1. The number of benzene rings is 3. The molecular weight excluding hydrogens is 300 g/mol. The molecule has 3 aromatic carbocycles. The van der Waals surface area contributed by atoms with Crippen molar-refractivity contribution in [3.05, 3.63) is 102 Å². The molecule has 2 atom stereocenters. The first-order valence-corrected chi connectivity index (χ1v) is 8.60. The highest BCUT2D eigenvalue weighted by Crippen LogP contribution is 2.47.